The third kappa shape index (κ3) is 5.36. The van der Waals surface area contributed by atoms with Gasteiger partial charge in [-0.15, -0.1) is 0 Å². The average Bonchev–Trinajstić information content (AvgIpc) is 2.63. The largest absolute Gasteiger partial charge is 0.411 e. The number of aliphatic hydroxyl groups excluding tert-OH is 1. The van der Waals surface area contributed by atoms with E-state index < -0.39 is 25.3 Å². The van der Waals surface area contributed by atoms with Gasteiger partial charge in [0, 0.05) is 18.6 Å². The summed E-state index contributed by atoms with van der Waals surface area (Å²) in [6.07, 6.45) is -1.94. The molecule has 1 saturated carbocycles. The van der Waals surface area contributed by atoms with Gasteiger partial charge in [0.2, 0.25) is 5.91 Å². The first kappa shape index (κ1) is 14.2. The van der Waals surface area contributed by atoms with Crippen molar-refractivity contribution in [2.45, 2.75) is 31.5 Å². The molecule has 7 heteroatoms. The van der Waals surface area contributed by atoms with Gasteiger partial charge in [0.05, 0.1) is 0 Å². The highest BCUT2D eigenvalue weighted by Gasteiger charge is 2.29. The fourth-order valence-corrected chi connectivity index (χ4v) is 1.95. The number of alkyl halides is 3. The highest BCUT2D eigenvalue weighted by molar-refractivity contribution is 5.77. The number of halogens is 3. The maximum absolute atomic E-state index is 11.7. The first-order valence-corrected chi connectivity index (χ1v) is 5.47. The Bertz CT molecular complexity index is 258. The van der Waals surface area contributed by atoms with Crippen LogP contribution in [0.2, 0.25) is 0 Å². The number of ether oxygens (including phenoxy) is 1. The average molecular weight is 255 g/mol. The monoisotopic (exact) mass is 255 g/mol. The van der Waals surface area contributed by atoms with Gasteiger partial charge in [-0.25, -0.2) is 0 Å². The molecule has 1 rings (SSSR count). The van der Waals surface area contributed by atoms with Gasteiger partial charge in [0.25, 0.3) is 0 Å². The van der Waals surface area contributed by atoms with Crippen LogP contribution in [0.4, 0.5) is 13.2 Å². The Kier molecular flexibility index (Phi) is 5.20. The van der Waals surface area contributed by atoms with E-state index in [0.29, 0.717) is 0 Å². The first-order valence-electron chi connectivity index (χ1n) is 5.47. The van der Waals surface area contributed by atoms with Gasteiger partial charge >= 0.3 is 6.18 Å². The van der Waals surface area contributed by atoms with E-state index in [4.69, 9.17) is 5.11 Å². The van der Waals surface area contributed by atoms with Crippen molar-refractivity contribution in [3.8, 4) is 0 Å². The van der Waals surface area contributed by atoms with Crippen LogP contribution >= 0.6 is 0 Å². The maximum Gasteiger partial charge on any atom is 0.411 e. The van der Waals surface area contributed by atoms with E-state index in [0.717, 1.165) is 19.3 Å². The lowest BCUT2D eigenvalue weighted by Gasteiger charge is -2.19. The molecule has 0 aromatic carbocycles. The summed E-state index contributed by atoms with van der Waals surface area (Å²) in [4.78, 5) is 11.3. The predicted molar refractivity (Wildman–Crippen MR) is 53.2 cm³/mol. The summed E-state index contributed by atoms with van der Waals surface area (Å²) in [5, 5.41) is 11.6. The lowest BCUT2D eigenvalue weighted by molar-refractivity contribution is -0.175. The number of hydrogen-bond acceptors (Lipinski definition) is 3. The van der Waals surface area contributed by atoms with Crippen molar-refractivity contribution in [3.63, 3.8) is 0 Å². The second kappa shape index (κ2) is 6.20. The SMILES string of the molecule is O=C(COCC(F)(F)F)NC1CCCC1CO. The maximum atomic E-state index is 11.7. The zero-order chi connectivity index (χ0) is 12.9. The number of carbonyl (C=O) groups is 1. The molecule has 0 aromatic heterocycles. The summed E-state index contributed by atoms with van der Waals surface area (Å²) in [7, 11) is 0. The van der Waals surface area contributed by atoms with Gasteiger partial charge in [-0.1, -0.05) is 6.42 Å². The van der Waals surface area contributed by atoms with Crippen molar-refractivity contribution in [2.24, 2.45) is 5.92 Å². The van der Waals surface area contributed by atoms with Crippen LogP contribution in [0.1, 0.15) is 19.3 Å². The number of nitrogens with one attached hydrogen (secondary N) is 1. The minimum Gasteiger partial charge on any atom is -0.396 e. The van der Waals surface area contributed by atoms with E-state index in [9.17, 15) is 18.0 Å². The van der Waals surface area contributed by atoms with Crippen LogP contribution in [0.5, 0.6) is 0 Å². The second-order valence-electron chi connectivity index (χ2n) is 4.16. The van der Waals surface area contributed by atoms with Gasteiger partial charge in [-0.3, -0.25) is 4.79 Å². The van der Waals surface area contributed by atoms with Crippen molar-refractivity contribution < 1.29 is 27.8 Å². The smallest absolute Gasteiger partial charge is 0.396 e. The molecule has 0 spiro atoms. The van der Waals surface area contributed by atoms with Crippen LogP contribution in [-0.2, 0) is 9.53 Å². The molecule has 0 aromatic rings. The zero-order valence-electron chi connectivity index (χ0n) is 9.29. The molecule has 0 heterocycles. The summed E-state index contributed by atoms with van der Waals surface area (Å²) >= 11 is 0. The van der Waals surface area contributed by atoms with Crippen LogP contribution in [0.3, 0.4) is 0 Å². The van der Waals surface area contributed by atoms with Crippen molar-refractivity contribution in [1.29, 1.82) is 0 Å². The molecule has 0 bridgehead atoms. The molecule has 0 saturated heterocycles. The molecule has 100 valence electrons. The van der Waals surface area contributed by atoms with Crippen LogP contribution in [0.15, 0.2) is 0 Å². The van der Waals surface area contributed by atoms with Crippen LogP contribution in [0, 0.1) is 5.92 Å². The lowest BCUT2D eigenvalue weighted by Crippen LogP contribution is -2.40. The van der Waals surface area contributed by atoms with Crippen LogP contribution in [-0.4, -0.2) is 43.1 Å². The summed E-state index contributed by atoms with van der Waals surface area (Å²) < 4.78 is 39.5. The van der Waals surface area contributed by atoms with Crippen molar-refractivity contribution in [1.82, 2.24) is 5.32 Å². The van der Waals surface area contributed by atoms with E-state index in [2.05, 4.69) is 10.1 Å². The quantitative estimate of drug-likeness (QED) is 0.765. The molecule has 2 N–H and O–H groups in total. The highest BCUT2D eigenvalue weighted by Crippen LogP contribution is 2.24. The topological polar surface area (TPSA) is 58.6 Å². The summed E-state index contributed by atoms with van der Waals surface area (Å²) in [6, 6.07) is -0.151. The lowest BCUT2D eigenvalue weighted by atomic mass is 10.1. The minimum absolute atomic E-state index is 0.00145. The third-order valence-corrected chi connectivity index (χ3v) is 2.74. The van der Waals surface area contributed by atoms with E-state index in [-0.39, 0.29) is 18.6 Å². The fourth-order valence-electron chi connectivity index (χ4n) is 1.95. The molecule has 1 fully saturated rings. The predicted octanol–water partition coefficient (Wildman–Crippen LogP) is 0.843. The van der Waals surface area contributed by atoms with Crippen molar-refractivity contribution >= 4 is 5.91 Å². The molecule has 17 heavy (non-hydrogen) atoms. The second-order valence-corrected chi connectivity index (χ2v) is 4.16. The number of aliphatic hydroxyl groups is 1. The Morgan fingerprint density at radius 1 is 1.41 bits per heavy atom. The third-order valence-electron chi connectivity index (χ3n) is 2.74. The van der Waals surface area contributed by atoms with E-state index in [1.54, 1.807) is 0 Å². The Balaban J connectivity index is 2.21. The molecule has 1 aliphatic rings. The number of amides is 1. The van der Waals surface area contributed by atoms with Gasteiger partial charge in [0.1, 0.15) is 13.2 Å². The minimum atomic E-state index is -4.42. The number of rotatable bonds is 5. The summed E-state index contributed by atoms with van der Waals surface area (Å²) in [6.45, 7) is -2.04. The summed E-state index contributed by atoms with van der Waals surface area (Å²) in [5.41, 5.74) is 0. The molecule has 0 radical (unpaired) electrons. The Hall–Kier alpha value is -0.820. The molecule has 1 aliphatic carbocycles. The first-order chi connectivity index (χ1) is 7.92. The standard InChI is InChI=1S/C10H16F3NO3/c11-10(12,13)6-17-5-9(16)14-8-3-1-2-7(8)4-15/h7-8,15H,1-6H2,(H,14,16). The highest BCUT2D eigenvalue weighted by atomic mass is 19.4. The van der Waals surface area contributed by atoms with Crippen LogP contribution in [0.25, 0.3) is 0 Å². The molecule has 1 amide bonds. The van der Waals surface area contributed by atoms with Crippen molar-refractivity contribution in [2.75, 3.05) is 19.8 Å². The number of carbonyl (C=O) groups excluding carboxylic acids is 1. The van der Waals surface area contributed by atoms with E-state index in [1.807, 2.05) is 0 Å². The number of hydrogen-bond donors (Lipinski definition) is 2. The summed E-state index contributed by atoms with van der Waals surface area (Å²) in [5.74, 6) is -0.568. The zero-order valence-corrected chi connectivity index (χ0v) is 9.29. The van der Waals surface area contributed by atoms with Gasteiger partial charge in [-0.05, 0) is 12.8 Å². The molecular weight excluding hydrogens is 239 g/mol. The van der Waals surface area contributed by atoms with Gasteiger partial charge < -0.3 is 15.2 Å². The molecule has 2 atom stereocenters. The molecule has 4 nitrogen and oxygen atoms in total. The molecule has 0 aliphatic heterocycles. The van der Waals surface area contributed by atoms with E-state index >= 15 is 0 Å². The van der Waals surface area contributed by atoms with E-state index in [1.165, 1.54) is 0 Å². The van der Waals surface area contributed by atoms with Gasteiger partial charge in [-0.2, -0.15) is 13.2 Å². The Morgan fingerprint density at radius 3 is 2.71 bits per heavy atom. The Labute approximate surface area is 97.1 Å². The van der Waals surface area contributed by atoms with Gasteiger partial charge in [0.15, 0.2) is 0 Å². The molecular formula is C10H16F3NO3. The molecule has 2 unspecified atom stereocenters. The normalized spacial score (nSPS) is 24.9. The Morgan fingerprint density at radius 2 is 2.12 bits per heavy atom. The van der Waals surface area contributed by atoms with Crippen molar-refractivity contribution in [3.05, 3.63) is 0 Å². The van der Waals surface area contributed by atoms with Crippen LogP contribution < -0.4 is 5.32 Å². The fraction of sp³-hybridized carbons (Fsp3) is 0.900.